The van der Waals surface area contributed by atoms with E-state index in [9.17, 15) is 0 Å². The number of allylic oxidation sites excluding steroid dienone is 13. The van der Waals surface area contributed by atoms with E-state index in [2.05, 4.69) is 193 Å². The summed E-state index contributed by atoms with van der Waals surface area (Å²) in [6, 6.07) is 24.5. The molecule has 9 unspecified atom stereocenters. The van der Waals surface area contributed by atoms with Gasteiger partial charge in [-0.2, -0.15) is 0 Å². The summed E-state index contributed by atoms with van der Waals surface area (Å²) in [6.45, 7) is 2.51. The molecule has 4 heterocycles. The Morgan fingerprint density at radius 2 is 1.74 bits per heavy atom. The number of nitrogens with zero attached hydrogens (tertiary/aromatic N) is 3. The molecule has 0 spiro atoms. The van der Waals surface area contributed by atoms with Crippen LogP contribution in [0.5, 0.6) is 0 Å². The number of amidine groups is 2. The van der Waals surface area contributed by atoms with Crippen LogP contribution in [0.4, 0.5) is 5.69 Å². The van der Waals surface area contributed by atoms with Crippen LogP contribution in [0.25, 0.3) is 21.9 Å². The number of nitrogens with one attached hydrogen (secondary N) is 1. The fourth-order valence-electron chi connectivity index (χ4n) is 11.2. The van der Waals surface area contributed by atoms with Crippen molar-refractivity contribution >= 4 is 51.1 Å². The van der Waals surface area contributed by atoms with Crippen molar-refractivity contribution in [3.63, 3.8) is 0 Å². The molecule has 6 heteroatoms. The van der Waals surface area contributed by atoms with Gasteiger partial charge in [-0.3, -0.25) is 0 Å². The molecule has 2 fully saturated rings. The summed E-state index contributed by atoms with van der Waals surface area (Å²) in [5.41, 5.74) is 7.77. The van der Waals surface area contributed by atoms with Gasteiger partial charge in [0.25, 0.3) is 0 Å². The monoisotopic (exact) mass is 774 g/mol. The largest absolute Gasteiger partial charge is 0.456 e. The Bertz CT molecular complexity index is 2700. The SMILES string of the molecule is CC12C=CC3C4C=CC=CC4N(c4ccc5c(c4)oc4cccc(C6=NC(c7ccccc7)NC(C7=CC=CC(C8=CCCC=C8)C7)=N6)c45)C3[C@H]1SC1C=CC=CC12. The maximum absolute atomic E-state index is 6.83. The fraction of sp³-hybridized carbons (Fsp3) is 0.269. The summed E-state index contributed by atoms with van der Waals surface area (Å²) in [6.07, 6.45) is 40.5. The second-order valence-electron chi connectivity index (χ2n) is 17.3. The number of aliphatic imine (C=N–C) groups is 2. The van der Waals surface area contributed by atoms with E-state index in [4.69, 9.17) is 14.4 Å². The van der Waals surface area contributed by atoms with E-state index in [1.54, 1.807) is 0 Å². The van der Waals surface area contributed by atoms with Gasteiger partial charge in [-0.05, 0) is 54.2 Å². The number of rotatable bonds is 5. The van der Waals surface area contributed by atoms with E-state index in [1.807, 2.05) is 0 Å². The Balaban J connectivity index is 0.945. The number of fused-ring (bicyclic) bond motifs is 10. The second-order valence-corrected chi connectivity index (χ2v) is 18.6. The van der Waals surface area contributed by atoms with Crippen molar-refractivity contribution in [3.8, 4) is 0 Å². The summed E-state index contributed by atoms with van der Waals surface area (Å²) in [4.78, 5) is 13.4. The van der Waals surface area contributed by atoms with Gasteiger partial charge in [0.05, 0.1) is 6.04 Å². The number of furan rings is 1. The van der Waals surface area contributed by atoms with Crippen molar-refractivity contribution < 1.29 is 4.42 Å². The average molecular weight is 775 g/mol. The minimum atomic E-state index is -0.269. The van der Waals surface area contributed by atoms with E-state index in [1.165, 1.54) is 16.8 Å². The van der Waals surface area contributed by atoms with E-state index in [-0.39, 0.29) is 11.6 Å². The highest BCUT2D eigenvalue weighted by atomic mass is 32.2. The Morgan fingerprint density at radius 1 is 0.845 bits per heavy atom. The third-order valence-corrected chi connectivity index (χ3v) is 15.9. The highest BCUT2D eigenvalue weighted by Crippen LogP contribution is 2.62. The summed E-state index contributed by atoms with van der Waals surface area (Å²) < 4.78 is 6.83. The summed E-state index contributed by atoms with van der Waals surface area (Å²) in [5, 5.41) is 6.87. The molecular weight excluding hydrogens is 729 g/mol. The standard InChI is InChI=1S/C52H46N4OS/c1-52-29-28-38-37-20-8-10-23-42(37)56(47(38)48(52)58-45-25-11-9-22-41(45)52)36-26-27-39-44(31-36)57-43-24-13-21-40(46(39)43)51-54-49(33-16-6-3-7-17-33)53-50(55-51)35-19-12-18-34(30-35)32-14-4-2-5-15-32/h3-4,6-29,31,34,37-38,41-42,45,47-49H,2,5,30H2,1H3,(H,53,54,55)/t34?,37?,38?,41?,42?,45?,47?,48-,49?,52?/m1/s1. The smallest absolute Gasteiger partial charge is 0.160 e. The van der Waals surface area contributed by atoms with E-state index in [0.717, 1.165) is 64.0 Å². The van der Waals surface area contributed by atoms with E-state index < -0.39 is 0 Å². The van der Waals surface area contributed by atoms with Crippen molar-refractivity contribution in [1.82, 2.24) is 5.32 Å². The highest BCUT2D eigenvalue weighted by molar-refractivity contribution is 8.01. The molecule has 0 saturated carbocycles. The first kappa shape index (κ1) is 34.5. The van der Waals surface area contributed by atoms with Crippen LogP contribution in [0.1, 0.15) is 43.5 Å². The minimum absolute atomic E-state index is 0.0942. The summed E-state index contributed by atoms with van der Waals surface area (Å²) >= 11 is 2.19. The van der Waals surface area contributed by atoms with Gasteiger partial charge < -0.3 is 14.6 Å². The lowest BCUT2D eigenvalue weighted by Gasteiger charge is -2.45. The second kappa shape index (κ2) is 13.5. The Hall–Kier alpha value is -5.59. The van der Waals surface area contributed by atoms with Gasteiger partial charge in [0.2, 0.25) is 0 Å². The molecule has 0 amide bonds. The van der Waals surface area contributed by atoms with Crippen LogP contribution in [0.3, 0.4) is 0 Å². The van der Waals surface area contributed by atoms with Crippen LogP contribution in [-0.4, -0.2) is 34.3 Å². The van der Waals surface area contributed by atoms with Crippen molar-refractivity contribution in [1.29, 1.82) is 0 Å². The van der Waals surface area contributed by atoms with Crippen LogP contribution in [0.15, 0.2) is 189 Å². The molecule has 2 saturated heterocycles. The predicted octanol–water partition coefficient (Wildman–Crippen LogP) is 11.5. The van der Waals surface area contributed by atoms with Crippen molar-refractivity contribution in [2.45, 2.75) is 54.9 Å². The van der Waals surface area contributed by atoms with Gasteiger partial charge in [0, 0.05) is 73.7 Å². The third kappa shape index (κ3) is 5.37. The Morgan fingerprint density at radius 3 is 2.66 bits per heavy atom. The van der Waals surface area contributed by atoms with Crippen molar-refractivity contribution in [3.05, 3.63) is 186 Å². The lowest BCUT2D eigenvalue weighted by molar-refractivity contribution is 0.265. The Kier molecular flexibility index (Phi) is 8.01. The molecule has 5 nitrogen and oxygen atoms in total. The van der Waals surface area contributed by atoms with Crippen LogP contribution in [0.2, 0.25) is 0 Å². The highest BCUT2D eigenvalue weighted by Gasteiger charge is 2.61. The maximum atomic E-state index is 6.83. The fourth-order valence-corrected chi connectivity index (χ4v) is 13.3. The number of anilines is 1. The molecule has 1 N–H and O–H groups in total. The molecule has 3 aliphatic heterocycles. The number of hydrogen-bond acceptors (Lipinski definition) is 6. The maximum Gasteiger partial charge on any atom is 0.160 e. The van der Waals surface area contributed by atoms with Gasteiger partial charge >= 0.3 is 0 Å². The van der Waals surface area contributed by atoms with Crippen LogP contribution in [0, 0.1) is 29.1 Å². The molecule has 8 aliphatic rings. The quantitative estimate of drug-likeness (QED) is 0.205. The van der Waals surface area contributed by atoms with Crippen LogP contribution in [-0.2, 0) is 0 Å². The molecule has 5 aliphatic carbocycles. The molecule has 12 rings (SSSR count). The zero-order valence-corrected chi connectivity index (χ0v) is 33.4. The van der Waals surface area contributed by atoms with Gasteiger partial charge in [-0.25, -0.2) is 9.98 Å². The van der Waals surface area contributed by atoms with Crippen LogP contribution >= 0.6 is 11.8 Å². The molecule has 4 aromatic rings. The van der Waals surface area contributed by atoms with E-state index in [0.29, 0.717) is 46.3 Å². The van der Waals surface area contributed by atoms with Crippen molar-refractivity contribution in [2.75, 3.05) is 4.90 Å². The van der Waals surface area contributed by atoms with Gasteiger partial charge in [0.1, 0.15) is 23.2 Å². The van der Waals surface area contributed by atoms with Gasteiger partial charge in [-0.15, -0.1) is 11.8 Å². The third-order valence-electron chi connectivity index (χ3n) is 14.0. The van der Waals surface area contributed by atoms with E-state index >= 15 is 0 Å². The first-order valence-electron chi connectivity index (χ1n) is 21.1. The molecule has 1 aromatic heterocycles. The van der Waals surface area contributed by atoms with Gasteiger partial charge in [-0.1, -0.05) is 147 Å². The Labute approximate surface area is 344 Å². The van der Waals surface area contributed by atoms with Crippen molar-refractivity contribution in [2.24, 2.45) is 39.1 Å². The molecule has 0 bridgehead atoms. The number of benzene rings is 3. The normalized spacial score (nSPS) is 33.9. The zero-order chi connectivity index (χ0) is 38.4. The molecule has 0 radical (unpaired) electrons. The number of thioether (sulfide) groups is 1. The molecule has 286 valence electrons. The molecular formula is C52H46N4OS. The van der Waals surface area contributed by atoms with Crippen LogP contribution < -0.4 is 10.2 Å². The lowest BCUT2D eigenvalue weighted by Crippen LogP contribution is -2.51. The first-order chi connectivity index (χ1) is 28.6. The topological polar surface area (TPSA) is 53.1 Å². The van der Waals surface area contributed by atoms with Gasteiger partial charge in [0.15, 0.2) is 5.84 Å². The summed E-state index contributed by atoms with van der Waals surface area (Å²) in [7, 11) is 0. The summed E-state index contributed by atoms with van der Waals surface area (Å²) in [5.74, 6) is 3.34. The lowest BCUT2D eigenvalue weighted by atomic mass is 9.64. The molecule has 10 atom stereocenters. The molecule has 3 aromatic carbocycles. The zero-order valence-electron chi connectivity index (χ0n) is 32.6. The minimum Gasteiger partial charge on any atom is -0.456 e. The average Bonchev–Trinajstić information content (AvgIpc) is 3.94. The first-order valence-corrected chi connectivity index (χ1v) is 22.1. The molecule has 58 heavy (non-hydrogen) atoms. The predicted molar refractivity (Wildman–Crippen MR) is 241 cm³/mol. The number of hydrogen-bond donors (Lipinski definition) is 1.